The van der Waals surface area contributed by atoms with Crippen LogP contribution < -0.4 is 4.74 Å². The second-order valence-corrected chi connectivity index (χ2v) is 10.1. The number of ether oxygens (including phenoxy) is 2. The number of carbonyl (C=O) groups excluding carboxylic acids is 1. The molecule has 0 N–H and O–H groups in total. The van der Waals surface area contributed by atoms with Crippen LogP contribution in [0.25, 0.3) is 11.1 Å². The SMILES string of the molecule is CCOC(=O)c1ccc(-c2ccccc2)c(OCCCCCCCCCCCCCCCCBr)c1. The standard InChI is InChI=1S/C31H45BrO3/c1-2-34-31(33)28-22-23-29(27-20-16-15-17-21-27)30(26-28)35-25-19-14-12-10-8-6-4-3-5-7-9-11-13-18-24-32/h15-17,20-23,26H,2-14,18-19,24-25H2,1H3. The lowest BCUT2D eigenvalue weighted by Crippen LogP contribution is -2.06. The van der Waals surface area contributed by atoms with E-state index in [2.05, 4.69) is 28.1 Å². The van der Waals surface area contributed by atoms with E-state index in [-0.39, 0.29) is 5.97 Å². The number of rotatable bonds is 20. The molecule has 0 unspecified atom stereocenters. The van der Waals surface area contributed by atoms with Gasteiger partial charge in [0.2, 0.25) is 0 Å². The van der Waals surface area contributed by atoms with Crippen LogP contribution >= 0.6 is 15.9 Å². The molecule has 0 atom stereocenters. The molecule has 4 heteroatoms. The van der Waals surface area contributed by atoms with E-state index in [1.165, 1.54) is 83.5 Å². The lowest BCUT2D eigenvalue weighted by molar-refractivity contribution is 0.0526. The number of esters is 1. The Balaban J connectivity index is 1.61. The average molecular weight is 546 g/mol. The van der Waals surface area contributed by atoms with E-state index >= 15 is 0 Å². The van der Waals surface area contributed by atoms with E-state index < -0.39 is 0 Å². The summed E-state index contributed by atoms with van der Waals surface area (Å²) in [6.45, 7) is 2.86. The van der Waals surface area contributed by atoms with Crippen LogP contribution in [0.15, 0.2) is 48.5 Å². The maximum Gasteiger partial charge on any atom is 0.338 e. The van der Waals surface area contributed by atoms with Crippen molar-refractivity contribution >= 4 is 21.9 Å². The van der Waals surface area contributed by atoms with Crippen LogP contribution in [0.2, 0.25) is 0 Å². The predicted octanol–water partition coefficient (Wildman–Crippen LogP) is 9.77. The van der Waals surface area contributed by atoms with E-state index in [9.17, 15) is 4.79 Å². The minimum absolute atomic E-state index is 0.303. The van der Waals surface area contributed by atoms with Crippen LogP contribution in [-0.2, 0) is 4.74 Å². The quantitative estimate of drug-likeness (QED) is 0.0944. The first-order chi connectivity index (χ1) is 17.3. The van der Waals surface area contributed by atoms with Crippen molar-refractivity contribution < 1.29 is 14.3 Å². The third kappa shape index (κ3) is 12.6. The number of halogens is 1. The number of unbranched alkanes of at least 4 members (excludes halogenated alkanes) is 13. The number of hydrogen-bond acceptors (Lipinski definition) is 3. The Morgan fingerprint density at radius 3 is 1.80 bits per heavy atom. The van der Waals surface area contributed by atoms with Gasteiger partial charge in [-0.2, -0.15) is 0 Å². The zero-order chi connectivity index (χ0) is 25.0. The Morgan fingerprint density at radius 2 is 1.26 bits per heavy atom. The Hall–Kier alpha value is -1.81. The molecule has 0 fully saturated rings. The first-order valence-electron chi connectivity index (χ1n) is 13.8. The van der Waals surface area contributed by atoms with Gasteiger partial charge in [-0.25, -0.2) is 4.79 Å². The maximum atomic E-state index is 12.2. The van der Waals surface area contributed by atoms with Gasteiger partial charge < -0.3 is 9.47 Å². The third-order valence-corrected chi connectivity index (χ3v) is 6.92. The normalized spacial score (nSPS) is 10.9. The fraction of sp³-hybridized carbons (Fsp3) is 0.581. The summed E-state index contributed by atoms with van der Waals surface area (Å²) in [5.74, 6) is 0.451. The minimum atomic E-state index is -0.303. The van der Waals surface area contributed by atoms with Crippen LogP contribution in [-0.4, -0.2) is 24.5 Å². The van der Waals surface area contributed by atoms with E-state index in [0.29, 0.717) is 18.8 Å². The molecule has 0 spiro atoms. The lowest BCUT2D eigenvalue weighted by atomic mass is 10.0. The minimum Gasteiger partial charge on any atom is -0.493 e. The molecule has 0 radical (unpaired) electrons. The monoisotopic (exact) mass is 544 g/mol. The maximum absolute atomic E-state index is 12.2. The predicted molar refractivity (Wildman–Crippen MR) is 152 cm³/mol. The average Bonchev–Trinajstić information content (AvgIpc) is 2.89. The molecule has 2 aromatic rings. The summed E-state index contributed by atoms with van der Waals surface area (Å²) in [5.41, 5.74) is 2.64. The Labute approximate surface area is 222 Å². The van der Waals surface area contributed by atoms with E-state index in [1.54, 1.807) is 0 Å². The molecule has 0 saturated carbocycles. The lowest BCUT2D eigenvalue weighted by Gasteiger charge is -2.13. The molecule has 0 aliphatic carbocycles. The van der Waals surface area contributed by atoms with Crippen LogP contribution in [0.1, 0.15) is 107 Å². The van der Waals surface area contributed by atoms with Gasteiger partial charge in [-0.05, 0) is 43.5 Å². The molecule has 2 rings (SSSR count). The van der Waals surface area contributed by atoms with Crippen molar-refractivity contribution in [3.8, 4) is 16.9 Å². The van der Waals surface area contributed by atoms with Gasteiger partial charge in [-0.3, -0.25) is 0 Å². The van der Waals surface area contributed by atoms with Crippen LogP contribution in [0.5, 0.6) is 5.75 Å². The van der Waals surface area contributed by atoms with E-state index in [1.807, 2.05) is 43.3 Å². The Kier molecular flexibility index (Phi) is 16.3. The van der Waals surface area contributed by atoms with Crippen molar-refractivity contribution in [2.45, 2.75) is 96.8 Å². The van der Waals surface area contributed by atoms with Gasteiger partial charge in [-0.1, -0.05) is 123 Å². The molecule has 0 heterocycles. The summed E-state index contributed by atoms with van der Waals surface area (Å²) in [7, 11) is 0. The fourth-order valence-corrected chi connectivity index (χ4v) is 4.74. The van der Waals surface area contributed by atoms with Gasteiger partial charge in [-0.15, -0.1) is 0 Å². The molecule has 194 valence electrons. The van der Waals surface area contributed by atoms with Gasteiger partial charge in [0.05, 0.1) is 18.8 Å². The third-order valence-electron chi connectivity index (χ3n) is 6.36. The van der Waals surface area contributed by atoms with Crippen LogP contribution in [0.3, 0.4) is 0 Å². The highest BCUT2D eigenvalue weighted by molar-refractivity contribution is 9.09. The summed E-state index contributed by atoms with van der Waals surface area (Å²) >= 11 is 3.50. The molecule has 3 nitrogen and oxygen atoms in total. The largest absolute Gasteiger partial charge is 0.493 e. The van der Waals surface area contributed by atoms with Crippen molar-refractivity contribution in [2.24, 2.45) is 0 Å². The van der Waals surface area contributed by atoms with Crippen molar-refractivity contribution in [1.82, 2.24) is 0 Å². The smallest absolute Gasteiger partial charge is 0.338 e. The highest BCUT2D eigenvalue weighted by Gasteiger charge is 2.13. The van der Waals surface area contributed by atoms with Gasteiger partial charge >= 0.3 is 5.97 Å². The summed E-state index contributed by atoms with van der Waals surface area (Å²) < 4.78 is 11.3. The van der Waals surface area contributed by atoms with E-state index in [0.717, 1.165) is 28.6 Å². The Morgan fingerprint density at radius 1 is 0.714 bits per heavy atom. The van der Waals surface area contributed by atoms with Gasteiger partial charge in [0.15, 0.2) is 0 Å². The van der Waals surface area contributed by atoms with Crippen molar-refractivity contribution in [3.63, 3.8) is 0 Å². The number of alkyl halides is 1. The highest BCUT2D eigenvalue weighted by atomic mass is 79.9. The van der Waals surface area contributed by atoms with E-state index in [4.69, 9.17) is 9.47 Å². The summed E-state index contributed by atoms with van der Waals surface area (Å²) in [6, 6.07) is 15.8. The first kappa shape index (κ1) is 29.4. The highest BCUT2D eigenvalue weighted by Crippen LogP contribution is 2.31. The zero-order valence-electron chi connectivity index (χ0n) is 21.7. The molecule has 0 bridgehead atoms. The zero-order valence-corrected chi connectivity index (χ0v) is 23.3. The molecule has 0 amide bonds. The molecule has 2 aromatic carbocycles. The second kappa shape index (κ2) is 19.4. The summed E-state index contributed by atoms with van der Waals surface area (Å²) in [6.07, 6.45) is 18.7. The van der Waals surface area contributed by atoms with Gasteiger partial charge in [0, 0.05) is 10.9 Å². The molecular weight excluding hydrogens is 500 g/mol. The fourth-order valence-electron chi connectivity index (χ4n) is 4.34. The first-order valence-corrected chi connectivity index (χ1v) is 14.9. The summed E-state index contributed by atoms with van der Waals surface area (Å²) in [4.78, 5) is 12.2. The molecule has 0 saturated heterocycles. The van der Waals surface area contributed by atoms with Gasteiger partial charge in [0.25, 0.3) is 0 Å². The molecule has 35 heavy (non-hydrogen) atoms. The number of hydrogen-bond donors (Lipinski definition) is 0. The number of carbonyl (C=O) groups is 1. The molecule has 0 aromatic heterocycles. The topological polar surface area (TPSA) is 35.5 Å². The molecular formula is C31H45BrO3. The Bertz CT molecular complexity index is 806. The second-order valence-electron chi connectivity index (χ2n) is 9.28. The van der Waals surface area contributed by atoms with Crippen LogP contribution in [0.4, 0.5) is 0 Å². The van der Waals surface area contributed by atoms with Crippen LogP contribution in [0, 0.1) is 0 Å². The molecule has 0 aliphatic heterocycles. The van der Waals surface area contributed by atoms with Crippen molar-refractivity contribution in [3.05, 3.63) is 54.1 Å². The summed E-state index contributed by atoms with van der Waals surface area (Å²) in [5, 5.41) is 1.15. The van der Waals surface area contributed by atoms with Crippen molar-refractivity contribution in [1.29, 1.82) is 0 Å². The van der Waals surface area contributed by atoms with Crippen molar-refractivity contribution in [2.75, 3.05) is 18.5 Å². The molecule has 0 aliphatic rings. The number of benzene rings is 2. The van der Waals surface area contributed by atoms with Gasteiger partial charge in [0.1, 0.15) is 5.75 Å².